The van der Waals surface area contributed by atoms with Crippen molar-refractivity contribution in [2.45, 2.75) is 0 Å². The van der Waals surface area contributed by atoms with E-state index >= 15 is 0 Å². The van der Waals surface area contributed by atoms with E-state index < -0.39 is 0 Å². The Balaban J connectivity index is 2.77. The van der Waals surface area contributed by atoms with E-state index in [-0.39, 0.29) is 22.3 Å². The maximum atomic E-state index is 12.3. The number of nitrogens with zero attached hydrogens (tertiary/aromatic N) is 1. The van der Waals surface area contributed by atoms with Gasteiger partial charge in [-0.3, -0.25) is 4.79 Å². The molecular formula is C14H11NO3. The van der Waals surface area contributed by atoms with Crippen molar-refractivity contribution < 1.29 is 10.2 Å². The van der Waals surface area contributed by atoms with E-state index in [1.807, 2.05) is 6.07 Å². The summed E-state index contributed by atoms with van der Waals surface area (Å²) in [4.78, 5) is 12.3. The molecule has 0 aliphatic heterocycles. The number of aryl methyl sites for hydroxylation is 1. The van der Waals surface area contributed by atoms with Gasteiger partial charge in [-0.15, -0.1) is 0 Å². The first-order valence-electron chi connectivity index (χ1n) is 5.53. The van der Waals surface area contributed by atoms with Crippen LogP contribution in [-0.2, 0) is 7.05 Å². The van der Waals surface area contributed by atoms with Gasteiger partial charge in [-0.25, -0.2) is 0 Å². The van der Waals surface area contributed by atoms with Crippen molar-refractivity contribution >= 4 is 21.8 Å². The van der Waals surface area contributed by atoms with Crippen LogP contribution in [0.3, 0.4) is 0 Å². The van der Waals surface area contributed by atoms with Crippen molar-refractivity contribution in [2.75, 3.05) is 0 Å². The number of fused-ring (bicyclic) bond motifs is 2. The van der Waals surface area contributed by atoms with Crippen molar-refractivity contribution in [1.29, 1.82) is 0 Å². The van der Waals surface area contributed by atoms with Gasteiger partial charge in [0, 0.05) is 12.4 Å². The first kappa shape index (κ1) is 10.7. The van der Waals surface area contributed by atoms with Gasteiger partial charge in [0.2, 0.25) is 5.43 Å². The molecule has 0 fully saturated rings. The van der Waals surface area contributed by atoms with Crippen molar-refractivity contribution in [1.82, 2.24) is 4.57 Å². The van der Waals surface area contributed by atoms with E-state index in [1.54, 1.807) is 29.8 Å². The lowest BCUT2D eigenvalue weighted by Crippen LogP contribution is -2.09. The molecule has 4 heteroatoms. The van der Waals surface area contributed by atoms with Gasteiger partial charge in [0.1, 0.15) is 11.5 Å². The second-order valence-corrected chi connectivity index (χ2v) is 4.23. The average Bonchev–Trinajstić information content (AvgIpc) is 2.38. The quantitative estimate of drug-likeness (QED) is 0.468. The second kappa shape index (κ2) is 3.50. The molecule has 3 aromatic rings. The fourth-order valence-electron chi connectivity index (χ4n) is 2.35. The number of hydrogen-bond donors (Lipinski definition) is 2. The number of hydrogen-bond acceptors (Lipinski definition) is 3. The van der Waals surface area contributed by atoms with E-state index in [9.17, 15) is 15.0 Å². The predicted molar refractivity (Wildman–Crippen MR) is 70.0 cm³/mol. The van der Waals surface area contributed by atoms with E-state index in [2.05, 4.69) is 0 Å². The van der Waals surface area contributed by atoms with Gasteiger partial charge in [-0.1, -0.05) is 12.1 Å². The molecule has 0 radical (unpaired) electrons. The van der Waals surface area contributed by atoms with E-state index in [4.69, 9.17) is 0 Å². The summed E-state index contributed by atoms with van der Waals surface area (Å²) < 4.78 is 1.71. The van der Waals surface area contributed by atoms with Gasteiger partial charge >= 0.3 is 0 Å². The summed E-state index contributed by atoms with van der Waals surface area (Å²) in [5, 5.41) is 20.4. The van der Waals surface area contributed by atoms with Crippen LogP contribution in [0.4, 0.5) is 0 Å². The molecule has 4 nitrogen and oxygen atoms in total. The zero-order valence-electron chi connectivity index (χ0n) is 9.71. The van der Waals surface area contributed by atoms with Crippen LogP contribution in [0.5, 0.6) is 11.5 Å². The monoisotopic (exact) mass is 241 g/mol. The van der Waals surface area contributed by atoms with Gasteiger partial charge < -0.3 is 14.8 Å². The highest BCUT2D eigenvalue weighted by molar-refractivity contribution is 5.98. The molecule has 90 valence electrons. The van der Waals surface area contributed by atoms with Crippen LogP contribution < -0.4 is 5.43 Å². The number of benzene rings is 2. The van der Waals surface area contributed by atoms with Crippen LogP contribution in [0, 0.1) is 0 Å². The lowest BCUT2D eigenvalue weighted by Gasteiger charge is -2.12. The predicted octanol–water partition coefficient (Wildman–Crippen LogP) is 2.10. The Kier molecular flexibility index (Phi) is 2.07. The second-order valence-electron chi connectivity index (χ2n) is 4.23. The van der Waals surface area contributed by atoms with Crippen LogP contribution >= 0.6 is 0 Å². The van der Waals surface area contributed by atoms with Crippen molar-refractivity contribution in [3.8, 4) is 11.5 Å². The molecule has 0 spiro atoms. The molecule has 0 saturated heterocycles. The van der Waals surface area contributed by atoms with Crippen LogP contribution in [0.25, 0.3) is 21.8 Å². The lowest BCUT2D eigenvalue weighted by molar-refractivity contribution is 0.467. The molecule has 0 amide bonds. The summed E-state index contributed by atoms with van der Waals surface area (Å²) in [5.74, 6) is -0.137. The molecule has 1 heterocycles. The molecule has 18 heavy (non-hydrogen) atoms. The summed E-state index contributed by atoms with van der Waals surface area (Å²) in [5.41, 5.74) is 0.793. The largest absolute Gasteiger partial charge is 0.507 e. The highest BCUT2D eigenvalue weighted by Gasteiger charge is 2.14. The summed E-state index contributed by atoms with van der Waals surface area (Å²) in [6.45, 7) is 0. The summed E-state index contributed by atoms with van der Waals surface area (Å²) in [7, 11) is 1.75. The number of para-hydroxylation sites is 1. The fourth-order valence-corrected chi connectivity index (χ4v) is 2.35. The topological polar surface area (TPSA) is 62.5 Å². The van der Waals surface area contributed by atoms with Crippen LogP contribution in [0.1, 0.15) is 0 Å². The summed E-state index contributed by atoms with van der Waals surface area (Å²) >= 11 is 0. The highest BCUT2D eigenvalue weighted by Crippen LogP contribution is 2.31. The maximum Gasteiger partial charge on any atom is 0.201 e. The maximum absolute atomic E-state index is 12.3. The Bertz CT molecular complexity index is 834. The van der Waals surface area contributed by atoms with Crippen LogP contribution in [0.2, 0.25) is 0 Å². The van der Waals surface area contributed by atoms with Crippen LogP contribution in [-0.4, -0.2) is 14.8 Å². The average molecular weight is 241 g/mol. The molecule has 0 saturated carbocycles. The fraction of sp³-hybridized carbons (Fsp3) is 0.0714. The SMILES string of the molecule is Cn1c2ccccc2c(=O)c2c(O)ccc(O)c21. The Morgan fingerprint density at radius 3 is 2.44 bits per heavy atom. The zero-order chi connectivity index (χ0) is 12.9. The Hall–Kier alpha value is -2.49. The molecule has 0 aliphatic rings. The smallest absolute Gasteiger partial charge is 0.201 e. The molecule has 3 rings (SSSR count). The molecule has 2 N–H and O–H groups in total. The van der Waals surface area contributed by atoms with Gasteiger partial charge in [0.15, 0.2) is 0 Å². The Labute approximate surface area is 102 Å². The third-order valence-corrected chi connectivity index (χ3v) is 3.21. The number of aromatic nitrogens is 1. The normalized spacial score (nSPS) is 11.2. The number of phenolic OH excluding ortho intramolecular Hbond substituents is 2. The molecular weight excluding hydrogens is 230 g/mol. The molecule has 0 aliphatic carbocycles. The van der Waals surface area contributed by atoms with Crippen molar-refractivity contribution in [2.24, 2.45) is 7.05 Å². The van der Waals surface area contributed by atoms with Gasteiger partial charge in [-0.2, -0.15) is 0 Å². The Morgan fingerprint density at radius 2 is 1.67 bits per heavy atom. The van der Waals surface area contributed by atoms with Gasteiger partial charge in [-0.05, 0) is 24.3 Å². The van der Waals surface area contributed by atoms with Crippen LogP contribution in [0.15, 0.2) is 41.2 Å². The number of rotatable bonds is 0. The molecule has 2 aromatic carbocycles. The summed E-state index contributed by atoms with van der Waals surface area (Å²) in [6, 6.07) is 9.82. The minimum atomic E-state index is -0.271. The van der Waals surface area contributed by atoms with E-state index in [0.29, 0.717) is 10.9 Å². The Morgan fingerprint density at radius 1 is 1.00 bits per heavy atom. The number of pyridine rings is 1. The minimum absolute atomic E-state index is 0.0202. The van der Waals surface area contributed by atoms with Gasteiger partial charge in [0.25, 0.3) is 0 Å². The summed E-state index contributed by atoms with van der Waals surface area (Å²) in [6.07, 6.45) is 0. The third kappa shape index (κ3) is 1.23. The standard InChI is InChI=1S/C14H11NO3/c1-15-9-5-3-2-4-8(9)14(18)12-10(16)6-7-11(17)13(12)15/h2-7,16-17H,1H3. The lowest BCUT2D eigenvalue weighted by atomic mass is 10.1. The van der Waals surface area contributed by atoms with Crippen molar-refractivity contribution in [3.05, 3.63) is 46.6 Å². The van der Waals surface area contributed by atoms with Crippen molar-refractivity contribution in [3.63, 3.8) is 0 Å². The molecule has 1 aromatic heterocycles. The van der Waals surface area contributed by atoms with E-state index in [0.717, 1.165) is 5.52 Å². The molecule has 0 unspecified atom stereocenters. The zero-order valence-corrected chi connectivity index (χ0v) is 9.71. The van der Waals surface area contributed by atoms with Gasteiger partial charge in [0.05, 0.1) is 16.4 Å². The number of phenols is 2. The first-order chi connectivity index (χ1) is 8.61. The molecule has 0 atom stereocenters. The number of aromatic hydroxyl groups is 2. The minimum Gasteiger partial charge on any atom is -0.507 e. The van der Waals surface area contributed by atoms with E-state index in [1.165, 1.54) is 12.1 Å². The highest BCUT2D eigenvalue weighted by atomic mass is 16.3. The molecule has 0 bridgehead atoms. The third-order valence-electron chi connectivity index (χ3n) is 3.21. The first-order valence-corrected chi connectivity index (χ1v) is 5.53.